The summed E-state index contributed by atoms with van der Waals surface area (Å²) in [6, 6.07) is 9.85. The van der Waals surface area contributed by atoms with Crippen molar-refractivity contribution in [2.24, 2.45) is 0 Å². The molecule has 1 aromatic carbocycles. The van der Waals surface area contributed by atoms with Gasteiger partial charge in [0, 0.05) is 29.3 Å². The first-order chi connectivity index (χ1) is 13.5. The highest BCUT2D eigenvalue weighted by Gasteiger charge is 2.18. The SMILES string of the molecule is Cc1cc(C)c2c(NC(=O)C(=O)NCCc3c[nH]c4ccccc34)n[nH]c2n1. The summed E-state index contributed by atoms with van der Waals surface area (Å²) in [5, 5.41) is 13.9. The molecule has 4 N–H and O–H groups in total. The molecule has 0 aliphatic carbocycles. The molecule has 2 amide bonds. The van der Waals surface area contributed by atoms with E-state index in [0.29, 0.717) is 29.8 Å². The number of hydrogen-bond donors (Lipinski definition) is 4. The van der Waals surface area contributed by atoms with Gasteiger partial charge in [0.15, 0.2) is 11.5 Å². The van der Waals surface area contributed by atoms with Crippen molar-refractivity contribution in [3.8, 4) is 0 Å². The minimum Gasteiger partial charge on any atom is -0.361 e. The maximum absolute atomic E-state index is 12.2. The lowest BCUT2D eigenvalue weighted by Gasteiger charge is -2.06. The van der Waals surface area contributed by atoms with Gasteiger partial charge >= 0.3 is 11.8 Å². The van der Waals surface area contributed by atoms with Gasteiger partial charge in [-0.2, -0.15) is 5.10 Å². The summed E-state index contributed by atoms with van der Waals surface area (Å²) < 4.78 is 0. The summed E-state index contributed by atoms with van der Waals surface area (Å²) in [6.45, 7) is 4.14. The topological polar surface area (TPSA) is 116 Å². The molecular formula is C20H20N6O2. The summed E-state index contributed by atoms with van der Waals surface area (Å²) in [5.41, 5.74) is 4.48. The van der Waals surface area contributed by atoms with Crippen LogP contribution in [-0.4, -0.2) is 38.5 Å². The highest BCUT2D eigenvalue weighted by atomic mass is 16.2. The van der Waals surface area contributed by atoms with Crippen molar-refractivity contribution in [2.45, 2.75) is 20.3 Å². The number of aryl methyl sites for hydroxylation is 2. The zero-order chi connectivity index (χ0) is 19.7. The number of aromatic nitrogens is 4. The maximum atomic E-state index is 12.2. The fraction of sp³-hybridized carbons (Fsp3) is 0.200. The van der Waals surface area contributed by atoms with E-state index in [1.54, 1.807) is 0 Å². The van der Waals surface area contributed by atoms with Crippen LogP contribution < -0.4 is 10.6 Å². The number of H-pyrrole nitrogens is 2. The van der Waals surface area contributed by atoms with Crippen molar-refractivity contribution in [3.05, 3.63) is 53.3 Å². The molecule has 8 heteroatoms. The minimum atomic E-state index is -0.757. The largest absolute Gasteiger partial charge is 0.361 e. The van der Waals surface area contributed by atoms with Gasteiger partial charge in [-0.05, 0) is 43.5 Å². The van der Waals surface area contributed by atoms with Crippen LogP contribution in [0, 0.1) is 13.8 Å². The number of rotatable bonds is 4. The Morgan fingerprint density at radius 1 is 1.14 bits per heavy atom. The van der Waals surface area contributed by atoms with Crippen molar-refractivity contribution >= 4 is 39.6 Å². The lowest BCUT2D eigenvalue weighted by Crippen LogP contribution is -2.36. The van der Waals surface area contributed by atoms with E-state index >= 15 is 0 Å². The van der Waals surface area contributed by atoms with Gasteiger partial charge in [-0.25, -0.2) is 4.98 Å². The average molecular weight is 376 g/mol. The molecular weight excluding hydrogens is 356 g/mol. The molecule has 0 saturated carbocycles. The monoisotopic (exact) mass is 376 g/mol. The van der Waals surface area contributed by atoms with Gasteiger partial charge in [0.1, 0.15) is 0 Å². The Morgan fingerprint density at radius 2 is 1.96 bits per heavy atom. The molecule has 0 saturated heterocycles. The number of pyridine rings is 1. The van der Waals surface area contributed by atoms with Crippen LogP contribution in [0.2, 0.25) is 0 Å². The van der Waals surface area contributed by atoms with E-state index < -0.39 is 11.8 Å². The van der Waals surface area contributed by atoms with Crippen LogP contribution in [0.4, 0.5) is 5.82 Å². The third-order valence-corrected chi connectivity index (χ3v) is 4.65. The van der Waals surface area contributed by atoms with Gasteiger partial charge in [-0.1, -0.05) is 18.2 Å². The van der Waals surface area contributed by atoms with Crippen molar-refractivity contribution in [3.63, 3.8) is 0 Å². The van der Waals surface area contributed by atoms with Crippen molar-refractivity contribution in [1.29, 1.82) is 0 Å². The van der Waals surface area contributed by atoms with Crippen molar-refractivity contribution in [1.82, 2.24) is 25.5 Å². The van der Waals surface area contributed by atoms with E-state index in [0.717, 1.165) is 27.7 Å². The molecule has 4 aromatic rings. The van der Waals surface area contributed by atoms with Gasteiger partial charge in [0.2, 0.25) is 0 Å². The van der Waals surface area contributed by atoms with Gasteiger partial charge in [-0.3, -0.25) is 14.7 Å². The molecule has 142 valence electrons. The highest BCUT2D eigenvalue weighted by molar-refractivity contribution is 6.40. The molecule has 3 heterocycles. The Bertz CT molecular complexity index is 1190. The van der Waals surface area contributed by atoms with Gasteiger partial charge < -0.3 is 15.6 Å². The van der Waals surface area contributed by atoms with E-state index in [4.69, 9.17) is 0 Å². The smallest absolute Gasteiger partial charge is 0.314 e. The summed E-state index contributed by atoms with van der Waals surface area (Å²) in [5.74, 6) is -1.15. The first-order valence-corrected chi connectivity index (χ1v) is 8.99. The van der Waals surface area contributed by atoms with Crippen molar-refractivity contribution < 1.29 is 9.59 Å². The van der Waals surface area contributed by atoms with Gasteiger partial charge in [0.05, 0.1) is 5.39 Å². The third-order valence-electron chi connectivity index (χ3n) is 4.65. The molecule has 0 radical (unpaired) electrons. The van der Waals surface area contributed by atoms with Crippen LogP contribution in [0.15, 0.2) is 36.5 Å². The predicted molar refractivity (Wildman–Crippen MR) is 107 cm³/mol. The number of amides is 2. The van der Waals surface area contributed by atoms with Gasteiger partial charge in [0.25, 0.3) is 0 Å². The molecule has 0 atom stereocenters. The number of carbonyl (C=O) groups excluding carboxylic acids is 2. The number of aromatic amines is 2. The van der Waals surface area contributed by atoms with E-state index in [-0.39, 0.29) is 0 Å². The van der Waals surface area contributed by atoms with Crippen LogP contribution in [0.5, 0.6) is 0 Å². The zero-order valence-electron chi connectivity index (χ0n) is 15.6. The number of nitrogens with one attached hydrogen (secondary N) is 4. The van der Waals surface area contributed by atoms with Crippen LogP contribution in [0.25, 0.3) is 21.9 Å². The Balaban J connectivity index is 1.38. The van der Waals surface area contributed by atoms with Gasteiger partial charge in [-0.15, -0.1) is 0 Å². The number of para-hydroxylation sites is 1. The molecule has 0 fully saturated rings. The Morgan fingerprint density at radius 3 is 2.82 bits per heavy atom. The zero-order valence-corrected chi connectivity index (χ0v) is 15.6. The van der Waals surface area contributed by atoms with E-state index in [9.17, 15) is 9.59 Å². The number of carbonyl (C=O) groups is 2. The maximum Gasteiger partial charge on any atom is 0.314 e. The molecule has 0 bridgehead atoms. The van der Waals surface area contributed by atoms with E-state index in [2.05, 4.69) is 30.8 Å². The average Bonchev–Trinajstić information content (AvgIpc) is 3.26. The molecule has 0 aliphatic rings. The number of nitrogens with zero attached hydrogens (tertiary/aromatic N) is 2. The third kappa shape index (κ3) is 3.32. The fourth-order valence-corrected chi connectivity index (χ4v) is 3.37. The Hall–Kier alpha value is -3.68. The number of fused-ring (bicyclic) bond motifs is 2. The number of hydrogen-bond acceptors (Lipinski definition) is 4. The first kappa shape index (κ1) is 17.7. The quantitative estimate of drug-likeness (QED) is 0.409. The summed E-state index contributed by atoms with van der Waals surface area (Å²) >= 11 is 0. The van der Waals surface area contributed by atoms with Crippen molar-refractivity contribution in [2.75, 3.05) is 11.9 Å². The molecule has 3 aromatic heterocycles. The van der Waals surface area contributed by atoms with E-state index in [1.807, 2.05) is 50.4 Å². The fourth-order valence-electron chi connectivity index (χ4n) is 3.37. The predicted octanol–water partition coefficient (Wildman–Crippen LogP) is 2.35. The van der Waals surface area contributed by atoms with Crippen LogP contribution in [-0.2, 0) is 16.0 Å². The summed E-state index contributed by atoms with van der Waals surface area (Å²) in [7, 11) is 0. The summed E-state index contributed by atoms with van der Waals surface area (Å²) in [6.07, 6.45) is 2.54. The minimum absolute atomic E-state index is 0.303. The lowest BCUT2D eigenvalue weighted by molar-refractivity contribution is -0.136. The molecule has 0 unspecified atom stereocenters. The second-order valence-corrected chi connectivity index (χ2v) is 6.70. The number of benzene rings is 1. The van der Waals surface area contributed by atoms with Crippen LogP contribution in [0.3, 0.4) is 0 Å². The second-order valence-electron chi connectivity index (χ2n) is 6.70. The van der Waals surface area contributed by atoms with Crippen LogP contribution >= 0.6 is 0 Å². The Kier molecular flexibility index (Phi) is 4.52. The van der Waals surface area contributed by atoms with E-state index in [1.165, 1.54) is 0 Å². The molecule has 8 nitrogen and oxygen atoms in total. The molecule has 28 heavy (non-hydrogen) atoms. The molecule has 0 spiro atoms. The van der Waals surface area contributed by atoms with Crippen LogP contribution in [0.1, 0.15) is 16.8 Å². The molecule has 0 aliphatic heterocycles. The second kappa shape index (κ2) is 7.15. The standard InChI is InChI=1S/C20H20N6O2/c1-11-9-12(2)23-17-16(11)18(26-25-17)24-20(28)19(27)21-8-7-13-10-22-15-6-4-3-5-14(13)15/h3-6,9-10,22H,7-8H2,1-2H3,(H,21,27)(H2,23,24,25,26,28). The first-order valence-electron chi connectivity index (χ1n) is 8.99. The Labute approximate surface area is 160 Å². The molecule has 4 rings (SSSR count). The normalized spacial score (nSPS) is 11.1. The summed E-state index contributed by atoms with van der Waals surface area (Å²) in [4.78, 5) is 31.9. The number of anilines is 1. The highest BCUT2D eigenvalue weighted by Crippen LogP contribution is 2.23. The lowest BCUT2D eigenvalue weighted by atomic mass is 10.1.